The van der Waals surface area contributed by atoms with Crippen molar-refractivity contribution in [1.29, 1.82) is 0 Å². The summed E-state index contributed by atoms with van der Waals surface area (Å²) in [7, 11) is 0. The summed E-state index contributed by atoms with van der Waals surface area (Å²) in [6.45, 7) is 2.33. The topological polar surface area (TPSA) is 107 Å². The predicted octanol–water partition coefficient (Wildman–Crippen LogP) is 1.51. The molecule has 0 saturated carbocycles. The van der Waals surface area contributed by atoms with Crippen molar-refractivity contribution >= 4 is 17.5 Å². The highest BCUT2D eigenvalue weighted by atomic mass is 16.5. The summed E-state index contributed by atoms with van der Waals surface area (Å²) < 4.78 is 10.6. The maximum Gasteiger partial charge on any atom is 0.254 e. The number of benzene rings is 1. The third-order valence-corrected chi connectivity index (χ3v) is 2.93. The van der Waals surface area contributed by atoms with Crippen LogP contribution in [0.5, 0.6) is 5.75 Å². The number of hydrogen-bond donors (Lipinski definition) is 3. The number of amides is 2. The Kier molecular flexibility index (Phi) is 5.76. The molecule has 2 aromatic rings. The molecule has 0 radical (unpaired) electrons. The average Bonchev–Trinajstić information content (AvgIpc) is 3.00. The van der Waals surface area contributed by atoms with Gasteiger partial charge in [-0.05, 0) is 18.2 Å². The maximum absolute atomic E-state index is 11.8. The van der Waals surface area contributed by atoms with Gasteiger partial charge in [0.05, 0.1) is 18.7 Å². The van der Waals surface area contributed by atoms with Crippen LogP contribution < -0.4 is 21.1 Å². The lowest BCUT2D eigenvalue weighted by molar-refractivity contribution is -0.114. The first kappa shape index (κ1) is 16.6. The fourth-order valence-corrected chi connectivity index (χ4v) is 1.91. The lowest BCUT2D eigenvalue weighted by Gasteiger charge is -2.09. The minimum absolute atomic E-state index is 0.147. The summed E-state index contributed by atoms with van der Waals surface area (Å²) in [6.07, 6.45) is 1.37. The number of furan rings is 1. The van der Waals surface area contributed by atoms with Crippen molar-refractivity contribution in [3.05, 3.63) is 47.9 Å². The first-order chi connectivity index (χ1) is 11.1. The molecule has 4 N–H and O–H groups in total. The van der Waals surface area contributed by atoms with Crippen molar-refractivity contribution in [3.8, 4) is 5.75 Å². The summed E-state index contributed by atoms with van der Waals surface area (Å²) in [5.41, 5.74) is 6.51. The van der Waals surface area contributed by atoms with Gasteiger partial charge in [-0.25, -0.2) is 0 Å². The van der Waals surface area contributed by atoms with Gasteiger partial charge in [0, 0.05) is 18.7 Å². The van der Waals surface area contributed by atoms with Crippen molar-refractivity contribution < 1.29 is 18.7 Å². The Morgan fingerprint density at radius 2 is 2.13 bits per heavy atom. The molecule has 0 fully saturated rings. The molecule has 0 spiro atoms. The molecule has 122 valence electrons. The fraction of sp³-hybridized carbons (Fsp3) is 0.250. The molecule has 7 heteroatoms. The molecule has 0 saturated heterocycles. The van der Waals surface area contributed by atoms with Gasteiger partial charge in [-0.15, -0.1) is 0 Å². The van der Waals surface area contributed by atoms with Crippen LogP contribution in [0.25, 0.3) is 0 Å². The molecule has 1 heterocycles. The average molecular weight is 317 g/mol. The highest BCUT2D eigenvalue weighted by Crippen LogP contribution is 2.17. The molecule has 0 atom stereocenters. The minimum atomic E-state index is -0.246. The summed E-state index contributed by atoms with van der Waals surface area (Å²) in [5.74, 6) is 0.774. The van der Waals surface area contributed by atoms with E-state index >= 15 is 0 Å². The summed E-state index contributed by atoms with van der Waals surface area (Å²) in [5, 5.41) is 5.39. The van der Waals surface area contributed by atoms with Crippen LogP contribution in [-0.2, 0) is 11.3 Å². The Bertz CT molecular complexity index is 681. The van der Waals surface area contributed by atoms with Crippen molar-refractivity contribution in [2.75, 3.05) is 18.5 Å². The van der Waals surface area contributed by atoms with Gasteiger partial charge < -0.3 is 25.5 Å². The van der Waals surface area contributed by atoms with Crippen LogP contribution >= 0.6 is 0 Å². The van der Waals surface area contributed by atoms with Gasteiger partial charge in [0.2, 0.25) is 5.91 Å². The molecular formula is C16H19N3O4. The quantitative estimate of drug-likeness (QED) is 0.671. The summed E-state index contributed by atoms with van der Waals surface area (Å²) >= 11 is 0. The monoisotopic (exact) mass is 317 g/mol. The van der Waals surface area contributed by atoms with Gasteiger partial charge in [0.1, 0.15) is 24.4 Å². The smallest absolute Gasteiger partial charge is 0.254 e. The molecule has 1 aromatic carbocycles. The molecule has 7 nitrogen and oxygen atoms in total. The van der Waals surface area contributed by atoms with E-state index in [4.69, 9.17) is 14.9 Å². The molecule has 1 aromatic heterocycles. The van der Waals surface area contributed by atoms with E-state index in [9.17, 15) is 9.59 Å². The largest absolute Gasteiger partial charge is 0.492 e. The second-order valence-corrected chi connectivity index (χ2v) is 4.82. The van der Waals surface area contributed by atoms with Gasteiger partial charge in [0.25, 0.3) is 5.91 Å². The Morgan fingerprint density at radius 1 is 1.30 bits per heavy atom. The van der Waals surface area contributed by atoms with Crippen molar-refractivity contribution in [2.24, 2.45) is 5.73 Å². The molecule has 0 unspecified atom stereocenters. The predicted molar refractivity (Wildman–Crippen MR) is 85.2 cm³/mol. The van der Waals surface area contributed by atoms with E-state index in [1.165, 1.54) is 13.2 Å². The number of nitrogens with one attached hydrogen (secondary N) is 2. The Balaban J connectivity index is 1.76. The zero-order chi connectivity index (χ0) is 16.7. The van der Waals surface area contributed by atoms with E-state index in [0.29, 0.717) is 35.9 Å². The van der Waals surface area contributed by atoms with Gasteiger partial charge in [-0.2, -0.15) is 0 Å². The van der Waals surface area contributed by atoms with E-state index in [1.54, 1.807) is 30.3 Å². The van der Waals surface area contributed by atoms with E-state index in [2.05, 4.69) is 10.6 Å². The number of carbonyl (C=O) groups excluding carboxylic acids is 2. The van der Waals surface area contributed by atoms with Crippen LogP contribution in [0.4, 0.5) is 5.69 Å². The van der Waals surface area contributed by atoms with Crippen LogP contribution in [0.15, 0.2) is 41.0 Å². The van der Waals surface area contributed by atoms with Gasteiger partial charge in [-0.1, -0.05) is 6.07 Å². The first-order valence-electron chi connectivity index (χ1n) is 7.14. The maximum atomic E-state index is 11.8. The van der Waals surface area contributed by atoms with Gasteiger partial charge in [0.15, 0.2) is 0 Å². The molecule has 0 aliphatic carbocycles. The standard InChI is InChI=1S/C16H19N3O4/c1-11(20)19-13-3-2-4-14(8-13)22-6-5-18-16(21)12-7-15(9-17)23-10-12/h2-4,7-8,10H,5-6,9,17H2,1H3,(H,18,21)(H,19,20). The van der Waals surface area contributed by atoms with Crippen molar-refractivity contribution in [2.45, 2.75) is 13.5 Å². The third kappa shape index (κ3) is 5.15. The Morgan fingerprint density at radius 3 is 2.83 bits per heavy atom. The molecule has 0 aliphatic rings. The second kappa shape index (κ2) is 8.00. The molecule has 2 rings (SSSR count). The normalized spacial score (nSPS) is 10.2. The number of rotatable bonds is 7. The number of anilines is 1. The lowest BCUT2D eigenvalue weighted by atomic mass is 10.3. The van der Waals surface area contributed by atoms with Crippen LogP contribution in [0.3, 0.4) is 0 Å². The molecule has 2 amide bonds. The Labute approximate surface area is 133 Å². The number of carbonyl (C=O) groups is 2. The summed E-state index contributed by atoms with van der Waals surface area (Å²) in [4.78, 5) is 22.8. The van der Waals surface area contributed by atoms with Gasteiger partial charge in [-0.3, -0.25) is 9.59 Å². The first-order valence-corrected chi connectivity index (χ1v) is 7.14. The molecule has 23 heavy (non-hydrogen) atoms. The lowest BCUT2D eigenvalue weighted by Crippen LogP contribution is -2.27. The SMILES string of the molecule is CC(=O)Nc1cccc(OCCNC(=O)c2coc(CN)c2)c1. The van der Waals surface area contributed by atoms with E-state index < -0.39 is 0 Å². The van der Waals surface area contributed by atoms with Crippen molar-refractivity contribution in [1.82, 2.24) is 5.32 Å². The minimum Gasteiger partial charge on any atom is -0.492 e. The van der Waals surface area contributed by atoms with Gasteiger partial charge >= 0.3 is 0 Å². The van der Waals surface area contributed by atoms with E-state index in [1.807, 2.05) is 0 Å². The zero-order valence-electron chi connectivity index (χ0n) is 12.8. The molecular weight excluding hydrogens is 298 g/mol. The highest BCUT2D eigenvalue weighted by molar-refractivity contribution is 5.93. The van der Waals surface area contributed by atoms with E-state index in [0.717, 1.165) is 0 Å². The van der Waals surface area contributed by atoms with Crippen molar-refractivity contribution in [3.63, 3.8) is 0 Å². The number of ether oxygens (including phenoxy) is 1. The third-order valence-electron chi connectivity index (χ3n) is 2.93. The highest BCUT2D eigenvalue weighted by Gasteiger charge is 2.08. The fourth-order valence-electron chi connectivity index (χ4n) is 1.91. The summed E-state index contributed by atoms with van der Waals surface area (Å²) in [6, 6.07) is 8.64. The van der Waals surface area contributed by atoms with Crippen LogP contribution in [0, 0.1) is 0 Å². The molecule has 0 bridgehead atoms. The van der Waals surface area contributed by atoms with Crippen LogP contribution in [0.1, 0.15) is 23.0 Å². The number of nitrogens with two attached hydrogens (primary N) is 1. The van der Waals surface area contributed by atoms with Crippen LogP contribution in [0.2, 0.25) is 0 Å². The Hall–Kier alpha value is -2.80. The molecule has 0 aliphatic heterocycles. The second-order valence-electron chi connectivity index (χ2n) is 4.82. The van der Waals surface area contributed by atoms with Crippen LogP contribution in [-0.4, -0.2) is 25.0 Å². The zero-order valence-corrected chi connectivity index (χ0v) is 12.8. The number of hydrogen-bond acceptors (Lipinski definition) is 5. The van der Waals surface area contributed by atoms with E-state index in [-0.39, 0.29) is 18.4 Å².